The van der Waals surface area contributed by atoms with Crippen LogP contribution in [0.2, 0.25) is 0 Å². The molecule has 4 atom stereocenters. The van der Waals surface area contributed by atoms with E-state index in [-0.39, 0.29) is 0 Å². The number of benzene rings is 1. The van der Waals surface area contributed by atoms with Crippen LogP contribution in [0, 0.1) is 0 Å². The average molecular weight is 403 g/mol. The number of aliphatic hydroxyl groups excluding tert-OH is 3. The third-order valence-corrected chi connectivity index (χ3v) is 5.63. The van der Waals surface area contributed by atoms with Gasteiger partial charge in [-0.15, -0.1) is 11.8 Å². The Kier molecular flexibility index (Phi) is 5.47. The van der Waals surface area contributed by atoms with Crippen LogP contribution in [0.5, 0.6) is 0 Å². The van der Waals surface area contributed by atoms with Gasteiger partial charge in [0.2, 0.25) is 0 Å². The highest BCUT2D eigenvalue weighted by Crippen LogP contribution is 2.32. The van der Waals surface area contributed by atoms with Gasteiger partial charge < -0.3 is 25.4 Å². The lowest BCUT2D eigenvalue weighted by Crippen LogP contribution is -2.33. The van der Waals surface area contributed by atoms with Crippen molar-refractivity contribution < 1.29 is 20.1 Å². The maximum Gasteiger partial charge on any atom is 0.167 e. The Morgan fingerprint density at radius 3 is 2.75 bits per heavy atom. The second kappa shape index (κ2) is 8.02. The number of ether oxygens (including phenoxy) is 1. The quantitative estimate of drug-likeness (QED) is 0.442. The van der Waals surface area contributed by atoms with Crippen LogP contribution in [0.25, 0.3) is 11.2 Å². The monoisotopic (exact) mass is 403 g/mol. The highest BCUT2D eigenvalue weighted by Gasteiger charge is 2.44. The first-order valence-electron chi connectivity index (χ1n) is 8.79. The van der Waals surface area contributed by atoms with Gasteiger partial charge in [0.25, 0.3) is 0 Å². The molecule has 0 saturated carbocycles. The van der Waals surface area contributed by atoms with E-state index in [2.05, 4.69) is 32.4 Å². The number of hydrogen-bond donors (Lipinski definition) is 4. The van der Waals surface area contributed by atoms with E-state index < -0.39 is 31.1 Å². The molecule has 1 aliphatic heterocycles. The Hall–Kier alpha value is -2.24. The number of anilines is 1. The lowest BCUT2D eigenvalue weighted by molar-refractivity contribution is -0.0511. The van der Waals surface area contributed by atoms with Gasteiger partial charge in [0.05, 0.1) is 12.9 Å². The molecule has 1 aliphatic rings. The van der Waals surface area contributed by atoms with Crippen molar-refractivity contribution in [2.45, 2.75) is 36.0 Å². The molecule has 148 valence electrons. The number of aliphatic hydroxyl groups is 3. The van der Waals surface area contributed by atoms with E-state index in [0.717, 1.165) is 5.56 Å². The smallest absolute Gasteiger partial charge is 0.167 e. The molecule has 0 unspecified atom stereocenters. The van der Waals surface area contributed by atoms with E-state index in [1.54, 1.807) is 16.3 Å². The molecule has 0 aliphatic carbocycles. The molecule has 1 saturated heterocycles. The number of hydrogen-bond acceptors (Lipinski definition) is 9. The van der Waals surface area contributed by atoms with Gasteiger partial charge in [-0.1, -0.05) is 18.2 Å². The van der Waals surface area contributed by atoms with E-state index >= 15 is 0 Å². The topological polar surface area (TPSA) is 126 Å². The van der Waals surface area contributed by atoms with Gasteiger partial charge in [-0.05, 0) is 17.9 Å². The zero-order chi connectivity index (χ0) is 19.7. The summed E-state index contributed by atoms with van der Waals surface area (Å²) in [6, 6.07) is 8.10. The van der Waals surface area contributed by atoms with Crippen LogP contribution < -0.4 is 5.32 Å². The summed E-state index contributed by atoms with van der Waals surface area (Å²) in [5, 5.41) is 32.8. The minimum Gasteiger partial charge on any atom is -0.394 e. The Labute approximate surface area is 165 Å². The molecular formula is C18H21N5O4S. The van der Waals surface area contributed by atoms with Crippen molar-refractivity contribution in [3.63, 3.8) is 0 Å². The molecule has 2 aromatic heterocycles. The van der Waals surface area contributed by atoms with Crippen molar-refractivity contribution in [2.24, 2.45) is 0 Å². The summed E-state index contributed by atoms with van der Waals surface area (Å²) in [5.74, 6) is 0.561. The lowest BCUT2D eigenvalue weighted by Gasteiger charge is -2.16. The molecule has 4 rings (SSSR count). The third-order valence-electron chi connectivity index (χ3n) is 4.79. The van der Waals surface area contributed by atoms with E-state index in [9.17, 15) is 15.3 Å². The molecule has 1 fully saturated rings. The van der Waals surface area contributed by atoms with Gasteiger partial charge in [0.15, 0.2) is 23.2 Å². The molecule has 1 aromatic carbocycles. The molecule has 3 heterocycles. The van der Waals surface area contributed by atoms with Gasteiger partial charge in [-0.2, -0.15) is 0 Å². The van der Waals surface area contributed by atoms with Crippen molar-refractivity contribution >= 4 is 28.7 Å². The van der Waals surface area contributed by atoms with Crippen molar-refractivity contribution in [3.8, 4) is 0 Å². The molecule has 0 spiro atoms. The maximum absolute atomic E-state index is 10.3. The largest absolute Gasteiger partial charge is 0.394 e. The molecule has 10 heteroatoms. The SMILES string of the molecule is CSc1ccccc1CNc1ncnc2c1ncn2[C@@H]1O[C@H](CO)[C@@H](O)[C@H]1O. The number of nitrogens with zero attached hydrogens (tertiary/aromatic N) is 4. The predicted octanol–water partition coefficient (Wildman–Crippen LogP) is 0.772. The van der Waals surface area contributed by atoms with Crippen LogP contribution in [0.15, 0.2) is 41.8 Å². The highest BCUT2D eigenvalue weighted by atomic mass is 32.2. The first-order valence-corrected chi connectivity index (χ1v) is 10.0. The number of nitrogens with one attached hydrogen (secondary N) is 1. The van der Waals surface area contributed by atoms with Gasteiger partial charge in [-0.25, -0.2) is 15.0 Å². The van der Waals surface area contributed by atoms with Gasteiger partial charge in [0, 0.05) is 11.4 Å². The molecular weight excluding hydrogens is 382 g/mol. The molecule has 0 radical (unpaired) electrons. The predicted molar refractivity (Wildman–Crippen MR) is 104 cm³/mol. The second-order valence-corrected chi connectivity index (χ2v) is 7.29. The molecule has 9 nitrogen and oxygen atoms in total. The number of aromatic nitrogens is 4. The summed E-state index contributed by atoms with van der Waals surface area (Å²) in [7, 11) is 0. The van der Waals surface area contributed by atoms with E-state index in [1.807, 2.05) is 18.4 Å². The third kappa shape index (κ3) is 3.33. The summed E-state index contributed by atoms with van der Waals surface area (Å²) in [6.07, 6.45) is 0.789. The molecule has 4 N–H and O–H groups in total. The zero-order valence-electron chi connectivity index (χ0n) is 15.1. The summed E-state index contributed by atoms with van der Waals surface area (Å²) in [6.45, 7) is 0.182. The summed E-state index contributed by atoms with van der Waals surface area (Å²) in [4.78, 5) is 14.1. The summed E-state index contributed by atoms with van der Waals surface area (Å²) >= 11 is 1.68. The Bertz CT molecular complexity index is 968. The maximum atomic E-state index is 10.3. The van der Waals surface area contributed by atoms with Gasteiger partial charge in [-0.3, -0.25) is 4.57 Å². The zero-order valence-corrected chi connectivity index (χ0v) is 16.0. The lowest BCUT2D eigenvalue weighted by atomic mass is 10.1. The van der Waals surface area contributed by atoms with Crippen LogP contribution in [0.4, 0.5) is 5.82 Å². The molecule has 3 aromatic rings. The number of imidazole rings is 1. The summed E-state index contributed by atoms with van der Waals surface area (Å²) < 4.78 is 7.12. The van der Waals surface area contributed by atoms with E-state index in [4.69, 9.17) is 4.74 Å². The van der Waals surface area contributed by atoms with E-state index in [1.165, 1.54) is 17.6 Å². The first-order chi connectivity index (χ1) is 13.6. The highest BCUT2D eigenvalue weighted by molar-refractivity contribution is 7.98. The number of fused-ring (bicyclic) bond motifs is 1. The minimum absolute atomic E-state index is 0.391. The normalized spacial score (nSPS) is 24.7. The van der Waals surface area contributed by atoms with Crippen LogP contribution in [0.3, 0.4) is 0 Å². The molecule has 0 bridgehead atoms. The molecule has 0 amide bonds. The standard InChI is InChI=1S/C18H21N5O4S/c1-28-12-5-3-2-4-10(12)6-19-16-13-17(21-8-20-16)23(9-22-13)18-15(26)14(25)11(7-24)27-18/h2-5,8-9,11,14-15,18,24-26H,6-7H2,1H3,(H,19,20,21)/t11-,14-,15-,18-/m1/s1. The Morgan fingerprint density at radius 2 is 2.00 bits per heavy atom. The van der Waals surface area contributed by atoms with Crippen LogP contribution in [-0.4, -0.2) is 66.0 Å². The van der Waals surface area contributed by atoms with Crippen LogP contribution >= 0.6 is 11.8 Å². The fourth-order valence-electron chi connectivity index (χ4n) is 3.31. The summed E-state index contributed by atoms with van der Waals surface area (Å²) in [5.41, 5.74) is 2.14. The number of thioether (sulfide) groups is 1. The van der Waals surface area contributed by atoms with Crippen molar-refractivity contribution in [3.05, 3.63) is 42.5 Å². The fourth-order valence-corrected chi connectivity index (χ4v) is 3.92. The molecule has 28 heavy (non-hydrogen) atoms. The Morgan fingerprint density at radius 1 is 1.18 bits per heavy atom. The van der Waals surface area contributed by atoms with Crippen molar-refractivity contribution in [1.82, 2.24) is 19.5 Å². The van der Waals surface area contributed by atoms with E-state index in [0.29, 0.717) is 23.5 Å². The van der Waals surface area contributed by atoms with Gasteiger partial charge >= 0.3 is 0 Å². The number of rotatable bonds is 6. The minimum atomic E-state index is -1.20. The first kappa shape index (κ1) is 19.1. The van der Waals surface area contributed by atoms with Crippen molar-refractivity contribution in [2.75, 3.05) is 18.2 Å². The second-order valence-electron chi connectivity index (χ2n) is 6.44. The van der Waals surface area contributed by atoms with Crippen molar-refractivity contribution in [1.29, 1.82) is 0 Å². The van der Waals surface area contributed by atoms with Gasteiger partial charge in [0.1, 0.15) is 24.6 Å². The van der Waals surface area contributed by atoms with Crippen LogP contribution in [0.1, 0.15) is 11.8 Å². The van der Waals surface area contributed by atoms with Crippen LogP contribution in [-0.2, 0) is 11.3 Å². The average Bonchev–Trinajstić information content (AvgIpc) is 3.28. The fraction of sp³-hybridized carbons (Fsp3) is 0.389. The Balaban J connectivity index is 1.61.